The zero-order valence-electron chi connectivity index (χ0n) is 16.2. The van der Waals surface area contributed by atoms with Crippen LogP contribution in [0.25, 0.3) is 0 Å². The second kappa shape index (κ2) is 8.79. The van der Waals surface area contributed by atoms with Gasteiger partial charge in [0, 0.05) is 24.8 Å². The molecule has 0 radical (unpaired) electrons. The topological polar surface area (TPSA) is 84.9 Å². The largest absolute Gasteiger partial charge is 0.493 e. The van der Waals surface area contributed by atoms with Crippen LogP contribution in [0, 0.1) is 11.7 Å². The Labute approximate surface area is 169 Å². The molecule has 0 saturated carbocycles. The Hall–Kier alpha value is -2.65. The normalized spacial score (nSPS) is 17.6. The van der Waals surface area contributed by atoms with E-state index in [0.29, 0.717) is 36.6 Å². The minimum Gasteiger partial charge on any atom is -0.493 e. The number of amides is 1. The number of sulfonamides is 1. The standard InChI is InChI=1S/C20H23FN2O5S/c1-27-18-10-9-17(12-19(18)28-2)29(25,26)23-11-3-4-14(13-23)20(24)22-16-7-5-15(21)6-8-16/h5-10,12,14H,3-4,11,13H2,1-2H3,(H,22,24)/t14-/m1/s1. The summed E-state index contributed by atoms with van der Waals surface area (Å²) in [6.07, 6.45) is 1.14. The maximum atomic E-state index is 13.1. The number of hydrogen-bond donors (Lipinski definition) is 1. The van der Waals surface area contributed by atoms with Crippen molar-refractivity contribution in [2.24, 2.45) is 5.92 Å². The van der Waals surface area contributed by atoms with Crippen LogP contribution in [0.15, 0.2) is 47.4 Å². The van der Waals surface area contributed by atoms with E-state index in [2.05, 4.69) is 5.32 Å². The molecule has 1 N–H and O–H groups in total. The van der Waals surface area contributed by atoms with Crippen molar-refractivity contribution in [1.82, 2.24) is 4.31 Å². The molecule has 1 heterocycles. The quantitative estimate of drug-likeness (QED) is 0.774. The summed E-state index contributed by atoms with van der Waals surface area (Å²) in [6, 6.07) is 9.85. The number of benzene rings is 2. The van der Waals surface area contributed by atoms with Crippen molar-refractivity contribution >= 4 is 21.6 Å². The SMILES string of the molecule is COc1ccc(S(=O)(=O)N2CCC[C@@H](C(=O)Nc3ccc(F)cc3)C2)cc1OC. The van der Waals surface area contributed by atoms with Gasteiger partial charge < -0.3 is 14.8 Å². The van der Waals surface area contributed by atoms with Gasteiger partial charge in [-0.3, -0.25) is 4.79 Å². The number of piperidine rings is 1. The van der Waals surface area contributed by atoms with Gasteiger partial charge in [0.05, 0.1) is 25.0 Å². The number of ether oxygens (including phenoxy) is 2. The molecule has 9 heteroatoms. The van der Waals surface area contributed by atoms with Gasteiger partial charge in [0.2, 0.25) is 15.9 Å². The third-order valence-electron chi connectivity index (χ3n) is 4.86. The fourth-order valence-electron chi connectivity index (χ4n) is 3.28. The van der Waals surface area contributed by atoms with Crippen molar-refractivity contribution in [3.05, 3.63) is 48.3 Å². The van der Waals surface area contributed by atoms with Crippen molar-refractivity contribution in [3.8, 4) is 11.5 Å². The Morgan fingerprint density at radius 1 is 1.10 bits per heavy atom. The van der Waals surface area contributed by atoms with Crippen LogP contribution in [-0.4, -0.2) is 45.9 Å². The number of nitrogens with one attached hydrogen (secondary N) is 1. The van der Waals surface area contributed by atoms with Crippen molar-refractivity contribution in [3.63, 3.8) is 0 Å². The summed E-state index contributed by atoms with van der Waals surface area (Å²) in [6.45, 7) is 0.403. The highest BCUT2D eigenvalue weighted by molar-refractivity contribution is 7.89. The number of hydrogen-bond acceptors (Lipinski definition) is 5. The highest BCUT2D eigenvalue weighted by Gasteiger charge is 2.33. The van der Waals surface area contributed by atoms with Crippen LogP contribution in [0.5, 0.6) is 11.5 Å². The zero-order chi connectivity index (χ0) is 21.0. The maximum absolute atomic E-state index is 13.1. The molecule has 1 amide bonds. The van der Waals surface area contributed by atoms with Crippen molar-refractivity contribution in [2.45, 2.75) is 17.7 Å². The highest BCUT2D eigenvalue weighted by atomic mass is 32.2. The summed E-state index contributed by atoms with van der Waals surface area (Å²) >= 11 is 0. The van der Waals surface area contributed by atoms with Gasteiger partial charge in [-0.15, -0.1) is 0 Å². The molecular formula is C20H23FN2O5S. The first kappa shape index (κ1) is 21.1. The Morgan fingerprint density at radius 2 is 1.79 bits per heavy atom. The molecule has 2 aromatic carbocycles. The Balaban J connectivity index is 1.75. The van der Waals surface area contributed by atoms with Gasteiger partial charge in [0.25, 0.3) is 0 Å². The molecule has 1 fully saturated rings. The average Bonchev–Trinajstić information content (AvgIpc) is 2.74. The van der Waals surface area contributed by atoms with E-state index in [1.54, 1.807) is 0 Å². The number of halogens is 1. The monoisotopic (exact) mass is 422 g/mol. The Bertz CT molecular complexity index is 979. The molecule has 1 saturated heterocycles. The van der Waals surface area contributed by atoms with Crippen LogP contribution >= 0.6 is 0 Å². The second-order valence-electron chi connectivity index (χ2n) is 6.72. The van der Waals surface area contributed by atoms with Gasteiger partial charge in [0.15, 0.2) is 11.5 Å². The summed E-state index contributed by atoms with van der Waals surface area (Å²) in [5.41, 5.74) is 0.469. The summed E-state index contributed by atoms with van der Waals surface area (Å²) in [4.78, 5) is 12.7. The van der Waals surface area contributed by atoms with E-state index < -0.39 is 21.8 Å². The fourth-order valence-corrected chi connectivity index (χ4v) is 4.82. The van der Waals surface area contributed by atoms with E-state index in [-0.39, 0.29) is 17.3 Å². The molecule has 1 aliphatic rings. The minimum atomic E-state index is -3.80. The molecule has 1 aliphatic heterocycles. The summed E-state index contributed by atoms with van der Waals surface area (Å²) in [5, 5.41) is 2.72. The van der Waals surface area contributed by atoms with E-state index in [1.165, 1.54) is 61.0 Å². The molecular weight excluding hydrogens is 399 g/mol. The van der Waals surface area contributed by atoms with Crippen LogP contribution in [0.3, 0.4) is 0 Å². The molecule has 0 aromatic heterocycles. The van der Waals surface area contributed by atoms with E-state index >= 15 is 0 Å². The molecule has 156 valence electrons. The molecule has 0 aliphatic carbocycles. The smallest absolute Gasteiger partial charge is 0.243 e. The molecule has 1 atom stereocenters. The first-order valence-corrected chi connectivity index (χ1v) is 10.6. The number of nitrogens with zero attached hydrogens (tertiary/aromatic N) is 1. The van der Waals surface area contributed by atoms with Gasteiger partial charge in [-0.25, -0.2) is 12.8 Å². The minimum absolute atomic E-state index is 0.0731. The first-order valence-electron chi connectivity index (χ1n) is 9.13. The zero-order valence-corrected chi connectivity index (χ0v) is 17.0. The molecule has 0 bridgehead atoms. The number of methoxy groups -OCH3 is 2. The lowest BCUT2D eigenvalue weighted by atomic mass is 9.99. The lowest BCUT2D eigenvalue weighted by Crippen LogP contribution is -2.43. The summed E-state index contributed by atoms with van der Waals surface area (Å²) in [5.74, 6) is -0.432. The van der Waals surface area contributed by atoms with Gasteiger partial charge in [0.1, 0.15) is 5.82 Å². The van der Waals surface area contributed by atoms with Crippen molar-refractivity contribution < 1.29 is 27.1 Å². The average molecular weight is 422 g/mol. The predicted octanol–water partition coefficient (Wildman–Crippen LogP) is 2.88. The second-order valence-corrected chi connectivity index (χ2v) is 8.65. The number of carbonyl (C=O) groups is 1. The van der Waals surface area contributed by atoms with Gasteiger partial charge >= 0.3 is 0 Å². The van der Waals surface area contributed by atoms with Crippen LogP contribution in [0.2, 0.25) is 0 Å². The van der Waals surface area contributed by atoms with E-state index in [9.17, 15) is 17.6 Å². The van der Waals surface area contributed by atoms with Crippen LogP contribution in [0.1, 0.15) is 12.8 Å². The Kier molecular flexibility index (Phi) is 6.39. The van der Waals surface area contributed by atoms with E-state index in [4.69, 9.17) is 9.47 Å². The highest BCUT2D eigenvalue weighted by Crippen LogP contribution is 2.32. The van der Waals surface area contributed by atoms with E-state index in [1.807, 2.05) is 0 Å². The summed E-state index contributed by atoms with van der Waals surface area (Å²) in [7, 11) is -0.888. The third kappa shape index (κ3) is 4.68. The van der Waals surface area contributed by atoms with Crippen molar-refractivity contribution in [1.29, 1.82) is 0 Å². The van der Waals surface area contributed by atoms with Crippen LogP contribution in [0.4, 0.5) is 10.1 Å². The Morgan fingerprint density at radius 3 is 2.45 bits per heavy atom. The van der Waals surface area contributed by atoms with Crippen LogP contribution < -0.4 is 14.8 Å². The third-order valence-corrected chi connectivity index (χ3v) is 6.72. The molecule has 0 unspecified atom stereocenters. The fraction of sp³-hybridized carbons (Fsp3) is 0.350. The molecule has 7 nitrogen and oxygen atoms in total. The van der Waals surface area contributed by atoms with Gasteiger partial charge in [-0.2, -0.15) is 4.31 Å². The number of anilines is 1. The van der Waals surface area contributed by atoms with E-state index in [0.717, 1.165) is 0 Å². The van der Waals surface area contributed by atoms with Gasteiger partial charge in [-0.05, 0) is 49.2 Å². The number of rotatable bonds is 6. The van der Waals surface area contributed by atoms with Crippen molar-refractivity contribution in [2.75, 3.05) is 32.6 Å². The number of carbonyl (C=O) groups excluding carboxylic acids is 1. The summed E-state index contributed by atoms with van der Waals surface area (Å²) < 4.78 is 50.8. The van der Waals surface area contributed by atoms with Gasteiger partial charge in [-0.1, -0.05) is 0 Å². The molecule has 0 spiro atoms. The van der Waals surface area contributed by atoms with Crippen LogP contribution in [-0.2, 0) is 14.8 Å². The lowest BCUT2D eigenvalue weighted by molar-refractivity contribution is -0.120. The molecule has 2 aromatic rings. The predicted molar refractivity (Wildman–Crippen MR) is 106 cm³/mol. The first-order chi connectivity index (χ1) is 13.8. The maximum Gasteiger partial charge on any atom is 0.243 e. The lowest BCUT2D eigenvalue weighted by Gasteiger charge is -2.31. The molecule has 3 rings (SSSR count). The molecule has 29 heavy (non-hydrogen) atoms.